The number of anilines is 1. The summed E-state index contributed by atoms with van der Waals surface area (Å²) < 4.78 is 0. The van der Waals surface area contributed by atoms with Crippen LogP contribution in [-0.4, -0.2) is 35.1 Å². The van der Waals surface area contributed by atoms with Gasteiger partial charge >= 0.3 is 0 Å². The van der Waals surface area contributed by atoms with Crippen molar-refractivity contribution >= 4 is 51.9 Å². The number of amidine groups is 1. The highest BCUT2D eigenvalue weighted by Crippen LogP contribution is 2.46. The number of fused-ring (bicyclic) bond motifs is 1. The van der Waals surface area contributed by atoms with Gasteiger partial charge in [-0.1, -0.05) is 43.6 Å². The molecule has 32 heavy (non-hydrogen) atoms. The maximum absolute atomic E-state index is 12.9. The van der Waals surface area contributed by atoms with E-state index in [-0.39, 0.29) is 11.4 Å². The van der Waals surface area contributed by atoms with Crippen LogP contribution in [0, 0.1) is 0 Å². The highest BCUT2D eigenvalue weighted by Gasteiger charge is 2.36. The number of aliphatic imine (C=N–C) groups is 1. The molecular formula is C26H30ClN3OS. The van der Waals surface area contributed by atoms with Crippen molar-refractivity contribution in [2.75, 3.05) is 18.5 Å². The molecule has 2 aromatic rings. The van der Waals surface area contributed by atoms with E-state index in [1.807, 2.05) is 36.4 Å². The number of nitrogens with zero attached hydrogens (tertiary/aromatic N) is 3. The molecule has 168 valence electrons. The van der Waals surface area contributed by atoms with Gasteiger partial charge in [-0.05, 0) is 85.8 Å². The molecule has 1 atom stereocenters. The number of halogens is 1. The lowest BCUT2D eigenvalue weighted by Crippen LogP contribution is -2.48. The maximum Gasteiger partial charge on any atom is 0.266 e. The van der Waals surface area contributed by atoms with Crippen molar-refractivity contribution in [1.82, 2.24) is 4.90 Å². The Morgan fingerprint density at radius 1 is 1.25 bits per heavy atom. The van der Waals surface area contributed by atoms with E-state index in [1.165, 1.54) is 23.0 Å². The molecule has 0 saturated carbocycles. The van der Waals surface area contributed by atoms with Gasteiger partial charge in [0.15, 0.2) is 5.17 Å². The zero-order valence-corrected chi connectivity index (χ0v) is 20.9. The third-order valence-electron chi connectivity index (χ3n) is 6.22. The number of amides is 1. The van der Waals surface area contributed by atoms with Crippen molar-refractivity contribution in [3.05, 3.63) is 63.5 Å². The summed E-state index contributed by atoms with van der Waals surface area (Å²) in [4.78, 5) is 22.3. The second-order valence-corrected chi connectivity index (χ2v) is 10.6. The van der Waals surface area contributed by atoms with Gasteiger partial charge in [0.05, 0.1) is 10.6 Å². The fraction of sp³-hybridized carbons (Fsp3) is 0.385. The lowest BCUT2D eigenvalue weighted by molar-refractivity contribution is -0.121. The van der Waals surface area contributed by atoms with E-state index < -0.39 is 0 Å². The van der Waals surface area contributed by atoms with Gasteiger partial charge in [0, 0.05) is 29.8 Å². The minimum Gasteiger partial charge on any atom is -0.366 e. The third-order valence-corrected chi connectivity index (χ3v) is 7.61. The second-order valence-electron chi connectivity index (χ2n) is 9.21. The molecule has 0 aromatic heterocycles. The fourth-order valence-electron chi connectivity index (χ4n) is 4.68. The van der Waals surface area contributed by atoms with E-state index in [1.54, 1.807) is 11.9 Å². The number of likely N-dealkylation sites (N-methyl/N-ethyl adjacent to an activating group) is 1. The number of thioether (sulfide) groups is 1. The zero-order valence-electron chi connectivity index (χ0n) is 19.4. The van der Waals surface area contributed by atoms with Gasteiger partial charge in [0.25, 0.3) is 5.91 Å². The summed E-state index contributed by atoms with van der Waals surface area (Å²) in [5, 5.41) is 1.34. The summed E-state index contributed by atoms with van der Waals surface area (Å²) in [5.74, 6) is 0.368. The summed E-state index contributed by atoms with van der Waals surface area (Å²) >= 11 is 8.15. The first kappa shape index (κ1) is 22.9. The van der Waals surface area contributed by atoms with E-state index in [4.69, 9.17) is 11.6 Å². The predicted molar refractivity (Wildman–Crippen MR) is 138 cm³/mol. The Balaban J connectivity index is 1.70. The number of benzene rings is 2. The molecule has 2 aliphatic heterocycles. The van der Waals surface area contributed by atoms with Gasteiger partial charge in [-0.2, -0.15) is 0 Å². The van der Waals surface area contributed by atoms with Crippen molar-refractivity contribution in [2.45, 2.75) is 52.0 Å². The van der Waals surface area contributed by atoms with Crippen LogP contribution >= 0.6 is 23.4 Å². The minimum absolute atomic E-state index is 0.0553. The Bertz CT molecular complexity index is 1090. The van der Waals surface area contributed by atoms with Crippen LogP contribution in [0.25, 0.3) is 6.08 Å². The molecule has 0 N–H and O–H groups in total. The molecule has 2 heterocycles. The largest absolute Gasteiger partial charge is 0.366 e. The van der Waals surface area contributed by atoms with Gasteiger partial charge in [-0.3, -0.25) is 9.69 Å². The van der Waals surface area contributed by atoms with Crippen molar-refractivity contribution < 1.29 is 4.79 Å². The van der Waals surface area contributed by atoms with E-state index in [0.29, 0.717) is 21.0 Å². The van der Waals surface area contributed by atoms with Crippen LogP contribution in [0.5, 0.6) is 0 Å². The van der Waals surface area contributed by atoms with Crippen LogP contribution in [0.15, 0.2) is 52.4 Å². The summed E-state index contributed by atoms with van der Waals surface area (Å²) in [5.41, 5.74) is 4.33. The van der Waals surface area contributed by atoms with E-state index in [9.17, 15) is 4.79 Å². The molecule has 1 saturated heterocycles. The van der Waals surface area contributed by atoms with Gasteiger partial charge in [-0.25, -0.2) is 4.99 Å². The normalized spacial score (nSPS) is 22.7. The average molecular weight is 468 g/mol. The first-order valence-corrected chi connectivity index (χ1v) is 12.3. The van der Waals surface area contributed by atoms with Gasteiger partial charge < -0.3 is 4.90 Å². The molecule has 2 aromatic carbocycles. The van der Waals surface area contributed by atoms with Crippen LogP contribution in [-0.2, 0) is 4.79 Å². The Morgan fingerprint density at radius 2 is 1.97 bits per heavy atom. The quantitative estimate of drug-likeness (QED) is 0.451. The molecule has 0 radical (unpaired) electrons. The fourth-order valence-corrected chi connectivity index (χ4v) is 5.87. The summed E-state index contributed by atoms with van der Waals surface area (Å²) in [6, 6.07) is 13.9. The molecule has 0 spiro atoms. The Kier molecular flexibility index (Phi) is 6.42. The maximum atomic E-state index is 12.9. The summed E-state index contributed by atoms with van der Waals surface area (Å²) in [7, 11) is 1.76. The molecule has 1 unspecified atom stereocenters. The van der Waals surface area contributed by atoms with Crippen LogP contribution in [0.3, 0.4) is 0 Å². The monoisotopic (exact) mass is 467 g/mol. The SMILES string of the molecule is CCCN1c2cc(Cl)c(/C=C3/SC(=Nc4ccccc4)N(C)C3=O)cc2C(C)CC1(C)C. The number of para-hydroxylation sites is 1. The lowest BCUT2D eigenvalue weighted by atomic mass is 9.79. The second kappa shape index (κ2) is 8.95. The number of hydrogen-bond donors (Lipinski definition) is 0. The lowest BCUT2D eigenvalue weighted by Gasteiger charge is -2.47. The van der Waals surface area contributed by atoms with Crippen molar-refractivity contribution in [3.8, 4) is 0 Å². The number of hydrogen-bond acceptors (Lipinski definition) is 4. The highest BCUT2D eigenvalue weighted by atomic mass is 35.5. The number of rotatable bonds is 4. The molecule has 4 rings (SSSR count). The third kappa shape index (κ3) is 4.33. The first-order chi connectivity index (χ1) is 15.2. The summed E-state index contributed by atoms with van der Waals surface area (Å²) in [6.45, 7) is 10.1. The Morgan fingerprint density at radius 3 is 2.66 bits per heavy atom. The van der Waals surface area contributed by atoms with Gasteiger partial charge in [-0.15, -0.1) is 0 Å². The van der Waals surface area contributed by atoms with Gasteiger partial charge in [0.2, 0.25) is 0 Å². The number of carbonyl (C=O) groups excluding carboxylic acids is 1. The first-order valence-electron chi connectivity index (χ1n) is 11.1. The van der Waals surface area contributed by atoms with Crippen LogP contribution in [0.2, 0.25) is 5.02 Å². The highest BCUT2D eigenvalue weighted by molar-refractivity contribution is 8.18. The molecule has 0 aliphatic carbocycles. The van der Waals surface area contributed by atoms with Gasteiger partial charge in [0.1, 0.15) is 0 Å². The molecule has 0 bridgehead atoms. The van der Waals surface area contributed by atoms with Crippen molar-refractivity contribution in [3.63, 3.8) is 0 Å². The minimum atomic E-state index is -0.0553. The number of carbonyl (C=O) groups is 1. The standard InChI is InChI=1S/C26H30ClN3OS/c1-6-12-30-22-15-21(27)18(13-20(22)17(2)16-26(30,3)4)14-23-24(31)29(5)25(32-23)28-19-10-8-7-9-11-19/h7-11,13-15,17H,6,12,16H2,1-5H3/b23-14+,28-25?. The molecule has 2 aliphatic rings. The smallest absolute Gasteiger partial charge is 0.266 e. The molecule has 6 heteroatoms. The Labute approximate surface area is 200 Å². The van der Waals surface area contributed by atoms with Crippen molar-refractivity contribution in [2.24, 2.45) is 4.99 Å². The van der Waals surface area contributed by atoms with Crippen molar-refractivity contribution in [1.29, 1.82) is 0 Å². The van der Waals surface area contributed by atoms with Crippen LogP contribution < -0.4 is 4.90 Å². The van der Waals surface area contributed by atoms with E-state index in [2.05, 4.69) is 49.7 Å². The van der Waals surface area contributed by atoms with Crippen LogP contribution in [0.1, 0.15) is 57.6 Å². The molecular weight excluding hydrogens is 438 g/mol. The molecule has 4 nitrogen and oxygen atoms in total. The Hall–Kier alpha value is -2.24. The van der Waals surface area contributed by atoms with E-state index >= 15 is 0 Å². The summed E-state index contributed by atoms with van der Waals surface area (Å²) in [6.07, 6.45) is 4.08. The van der Waals surface area contributed by atoms with E-state index in [0.717, 1.165) is 30.6 Å². The predicted octanol–water partition coefficient (Wildman–Crippen LogP) is 7.08. The molecule has 1 amide bonds. The average Bonchev–Trinajstić information content (AvgIpc) is 3.00. The van der Waals surface area contributed by atoms with Crippen LogP contribution in [0.4, 0.5) is 11.4 Å². The zero-order chi connectivity index (χ0) is 23.0. The molecule has 1 fully saturated rings. The topological polar surface area (TPSA) is 35.9 Å².